The fourth-order valence-corrected chi connectivity index (χ4v) is 12.3. The van der Waals surface area contributed by atoms with Crippen molar-refractivity contribution in [2.45, 2.75) is 131 Å². The van der Waals surface area contributed by atoms with Crippen LogP contribution in [0.1, 0.15) is 97.8 Å². The number of carboxylic acids is 1. The first-order chi connectivity index (χ1) is 34.5. The molecule has 5 amide bonds. The van der Waals surface area contributed by atoms with Crippen molar-refractivity contribution in [3.05, 3.63) is 87.9 Å². The standard InChI is InChI=1S/2C18H21ClN2O3.C13H15ClN2O2.C5H8O2.ClH/c2*1-11-6-14(11)16(23)21-18-8-17(9-18,10-18)20-15(22)7-24-13-4-2-12(19)3-5-13;14-9-1-3-10(4-2-9)18-5-11(17)16-13-6-12(15,7-13)8-13;1-3-2-4(3)5(6)7;/h2*2-5,11,14H,6-10H2,1H3,(H,20,22)(H,21,23);1-4H,5-8,15H2,(H,16,17);3-4H,2H2,1H3,(H,6,7);1H. The van der Waals surface area contributed by atoms with E-state index in [4.69, 9.17) is 59.9 Å². The van der Waals surface area contributed by atoms with Crippen LogP contribution in [-0.2, 0) is 28.8 Å². The van der Waals surface area contributed by atoms with Crippen molar-refractivity contribution < 1.29 is 48.1 Å². The lowest BCUT2D eigenvalue weighted by molar-refractivity contribution is -0.153. The zero-order chi connectivity index (χ0) is 52.1. The first-order valence-electron chi connectivity index (χ1n) is 25.2. The molecule has 0 spiro atoms. The Labute approximate surface area is 452 Å². The van der Waals surface area contributed by atoms with E-state index in [0.29, 0.717) is 50.1 Å². The quantitative estimate of drug-likeness (QED) is 0.0715. The van der Waals surface area contributed by atoms with Gasteiger partial charge >= 0.3 is 5.97 Å². The van der Waals surface area contributed by atoms with Gasteiger partial charge in [0.2, 0.25) is 11.8 Å². The van der Waals surface area contributed by atoms with Crippen LogP contribution in [0.25, 0.3) is 0 Å². The van der Waals surface area contributed by atoms with E-state index in [1.54, 1.807) is 72.8 Å². The summed E-state index contributed by atoms with van der Waals surface area (Å²) in [7, 11) is 0. The molecule has 6 unspecified atom stereocenters. The molecule has 12 aliphatic carbocycles. The Bertz CT molecular complexity index is 2440. The van der Waals surface area contributed by atoms with Gasteiger partial charge in [-0.25, -0.2) is 0 Å². The number of carboxylic acid groups (broad SMARTS) is 1. The molecule has 12 saturated carbocycles. The van der Waals surface area contributed by atoms with Gasteiger partial charge in [0.15, 0.2) is 19.8 Å². The van der Waals surface area contributed by atoms with E-state index in [-0.39, 0.29) is 113 Å². The molecular formula is C54H66Cl4N6O10. The van der Waals surface area contributed by atoms with Gasteiger partial charge in [0.05, 0.1) is 5.92 Å². The highest BCUT2D eigenvalue weighted by Crippen LogP contribution is 2.62. The van der Waals surface area contributed by atoms with Crippen LogP contribution in [0.4, 0.5) is 0 Å². The lowest BCUT2D eigenvalue weighted by Crippen LogP contribution is -2.84. The fourth-order valence-electron chi connectivity index (χ4n) is 11.9. The average Bonchev–Trinajstić information content (AvgIpc) is 4.23. The average molecular weight is 1100 g/mol. The predicted molar refractivity (Wildman–Crippen MR) is 280 cm³/mol. The first kappa shape index (κ1) is 55.2. The summed E-state index contributed by atoms with van der Waals surface area (Å²) in [5.41, 5.74) is 5.50. The highest BCUT2D eigenvalue weighted by Gasteiger charge is 2.71. The second kappa shape index (κ2) is 21.2. The van der Waals surface area contributed by atoms with Gasteiger partial charge in [-0.3, -0.25) is 28.8 Å². The van der Waals surface area contributed by atoms with E-state index in [2.05, 4.69) is 40.4 Å². The number of carbonyl (C=O) groups is 6. The van der Waals surface area contributed by atoms with Crippen molar-refractivity contribution in [1.82, 2.24) is 26.6 Å². The normalized spacial score (nSPS) is 34.3. The highest BCUT2D eigenvalue weighted by atomic mass is 35.5. The number of aliphatic carboxylic acids is 1. The molecule has 0 aromatic heterocycles. The number of benzene rings is 3. The summed E-state index contributed by atoms with van der Waals surface area (Å²) < 4.78 is 16.3. The number of nitrogens with one attached hydrogen (secondary N) is 5. The van der Waals surface area contributed by atoms with Crippen molar-refractivity contribution >= 4 is 82.7 Å². The van der Waals surface area contributed by atoms with Crippen LogP contribution in [0, 0.1) is 35.5 Å². The molecule has 0 aliphatic heterocycles. The monoisotopic (exact) mass is 1100 g/mol. The zero-order valence-electron chi connectivity index (χ0n) is 41.7. The second-order valence-corrected chi connectivity index (χ2v) is 24.3. The maximum atomic E-state index is 12.1. The third-order valence-electron chi connectivity index (χ3n) is 16.0. The Morgan fingerprint density at radius 2 is 0.716 bits per heavy atom. The van der Waals surface area contributed by atoms with E-state index in [1.807, 2.05) is 6.92 Å². The van der Waals surface area contributed by atoms with E-state index in [1.165, 1.54) is 0 Å². The van der Waals surface area contributed by atoms with Crippen LogP contribution in [-0.4, -0.2) is 93.7 Å². The maximum absolute atomic E-state index is 12.1. The van der Waals surface area contributed by atoms with Gasteiger partial charge < -0.3 is 51.6 Å². The fraction of sp³-hybridized carbons (Fsp3) is 0.556. The van der Waals surface area contributed by atoms with Gasteiger partial charge in [-0.15, -0.1) is 12.4 Å². The van der Waals surface area contributed by atoms with Gasteiger partial charge in [-0.05, 0) is 168 Å². The number of hydrogen-bond donors (Lipinski definition) is 7. The number of rotatable bonds is 17. The number of hydrogen-bond acceptors (Lipinski definition) is 10. The van der Waals surface area contributed by atoms with E-state index in [9.17, 15) is 28.8 Å². The Balaban J connectivity index is 0.000000139. The molecule has 74 heavy (non-hydrogen) atoms. The van der Waals surface area contributed by atoms with Gasteiger partial charge in [-0.1, -0.05) is 55.6 Å². The summed E-state index contributed by atoms with van der Waals surface area (Å²) in [6.45, 7) is 6.17. The van der Waals surface area contributed by atoms with Crippen molar-refractivity contribution in [3.63, 3.8) is 0 Å². The lowest BCUT2D eigenvalue weighted by atomic mass is 9.44. The van der Waals surface area contributed by atoms with Gasteiger partial charge in [0.25, 0.3) is 17.7 Å². The van der Waals surface area contributed by atoms with Crippen LogP contribution in [0.5, 0.6) is 17.2 Å². The summed E-state index contributed by atoms with van der Waals surface area (Å²) in [5, 5.41) is 25.6. The molecule has 6 bridgehead atoms. The molecule has 3 aromatic carbocycles. The number of halogens is 4. The molecule has 0 saturated heterocycles. The van der Waals surface area contributed by atoms with E-state index in [0.717, 1.165) is 77.0 Å². The summed E-state index contributed by atoms with van der Waals surface area (Å²) in [6, 6.07) is 20.8. The number of carbonyl (C=O) groups excluding carboxylic acids is 5. The third kappa shape index (κ3) is 13.1. The van der Waals surface area contributed by atoms with Gasteiger partial charge in [0, 0.05) is 60.1 Å². The van der Waals surface area contributed by atoms with Crippen LogP contribution in [0.15, 0.2) is 72.8 Å². The van der Waals surface area contributed by atoms with Crippen molar-refractivity contribution in [1.29, 1.82) is 0 Å². The molecule has 8 N–H and O–H groups in total. The largest absolute Gasteiger partial charge is 0.484 e. The summed E-state index contributed by atoms with van der Waals surface area (Å²) in [6.07, 6.45) is 10.6. The van der Waals surface area contributed by atoms with Crippen molar-refractivity contribution in [3.8, 4) is 17.2 Å². The minimum absolute atomic E-state index is 0. The summed E-state index contributed by atoms with van der Waals surface area (Å²) in [5.74, 6) is 3.17. The van der Waals surface area contributed by atoms with Crippen LogP contribution in [0.3, 0.4) is 0 Å². The van der Waals surface area contributed by atoms with Crippen LogP contribution < -0.4 is 46.5 Å². The van der Waals surface area contributed by atoms with E-state index < -0.39 is 5.97 Å². The Hall–Kier alpha value is -5.00. The molecule has 0 heterocycles. The lowest BCUT2D eigenvalue weighted by Gasteiger charge is -2.70. The third-order valence-corrected chi connectivity index (χ3v) is 16.7. The first-order valence-corrected chi connectivity index (χ1v) is 26.4. The Kier molecular flexibility index (Phi) is 15.8. The van der Waals surface area contributed by atoms with Gasteiger partial charge in [0.1, 0.15) is 17.2 Å². The molecule has 12 aliphatic rings. The van der Waals surface area contributed by atoms with E-state index >= 15 is 0 Å². The number of amides is 5. The molecule has 15 rings (SSSR count). The maximum Gasteiger partial charge on any atom is 0.306 e. The minimum atomic E-state index is -0.632. The summed E-state index contributed by atoms with van der Waals surface area (Å²) in [4.78, 5) is 69.9. The zero-order valence-corrected chi connectivity index (χ0v) is 44.8. The summed E-state index contributed by atoms with van der Waals surface area (Å²) >= 11 is 17.4. The Morgan fingerprint density at radius 3 is 0.932 bits per heavy atom. The molecular weight excluding hydrogens is 1030 g/mol. The van der Waals surface area contributed by atoms with Crippen molar-refractivity contribution in [2.75, 3.05) is 19.8 Å². The smallest absolute Gasteiger partial charge is 0.306 e. The second-order valence-electron chi connectivity index (χ2n) is 23.0. The molecule has 0 radical (unpaired) electrons. The molecule has 16 nitrogen and oxygen atoms in total. The van der Waals surface area contributed by atoms with Crippen LogP contribution in [0.2, 0.25) is 15.1 Å². The highest BCUT2D eigenvalue weighted by molar-refractivity contribution is 6.31. The molecule has 400 valence electrons. The molecule has 20 heteroatoms. The van der Waals surface area contributed by atoms with Crippen LogP contribution >= 0.6 is 47.2 Å². The molecule has 3 aromatic rings. The number of nitrogens with two attached hydrogens (primary N) is 1. The number of ether oxygens (including phenoxy) is 3. The SMILES string of the molecule is CC1CC1C(=O)NC12CC(NC(=O)COc3ccc(Cl)cc3)(C1)C2.CC1CC1C(=O)NC12CC(NC(=O)COc3ccc(Cl)cc3)(C1)C2.CC1CC1C(=O)O.Cl.NC12CC(NC(=O)COc3ccc(Cl)cc3)(C1)C2. The van der Waals surface area contributed by atoms with Gasteiger partial charge in [-0.2, -0.15) is 0 Å². The molecule has 12 fully saturated rings. The topological polar surface area (TPSA) is 237 Å². The minimum Gasteiger partial charge on any atom is -0.484 e. The van der Waals surface area contributed by atoms with Crippen molar-refractivity contribution in [2.24, 2.45) is 41.2 Å². The Morgan fingerprint density at radius 1 is 0.473 bits per heavy atom. The molecule has 6 atom stereocenters. The predicted octanol–water partition coefficient (Wildman–Crippen LogP) is 7.18.